The molecule has 112 valence electrons. The Bertz CT molecular complexity index is 443. The van der Waals surface area contributed by atoms with E-state index in [1.165, 1.54) is 6.20 Å². The van der Waals surface area contributed by atoms with Crippen LogP contribution in [-0.4, -0.2) is 29.0 Å². The third-order valence-electron chi connectivity index (χ3n) is 3.69. The Labute approximate surface area is 121 Å². The highest BCUT2D eigenvalue weighted by molar-refractivity contribution is 5.92. The van der Waals surface area contributed by atoms with E-state index >= 15 is 0 Å². The van der Waals surface area contributed by atoms with E-state index in [0.717, 1.165) is 13.0 Å². The van der Waals surface area contributed by atoms with Crippen molar-refractivity contribution >= 4 is 11.7 Å². The van der Waals surface area contributed by atoms with Crippen LogP contribution in [0.25, 0.3) is 0 Å². The molecule has 1 rings (SSSR count). The lowest BCUT2D eigenvalue weighted by molar-refractivity contribution is 0.0919. The van der Waals surface area contributed by atoms with Gasteiger partial charge in [0, 0.05) is 13.1 Å². The summed E-state index contributed by atoms with van der Waals surface area (Å²) >= 11 is 0. The lowest BCUT2D eigenvalue weighted by Crippen LogP contribution is -2.37. The average Bonchev–Trinajstić information content (AvgIpc) is 2.42. The number of nitrogens with one attached hydrogen (secondary N) is 2. The first-order chi connectivity index (χ1) is 9.36. The summed E-state index contributed by atoms with van der Waals surface area (Å²) in [6.07, 6.45) is 4.13. The second-order valence-corrected chi connectivity index (χ2v) is 6.04. The van der Waals surface area contributed by atoms with E-state index in [-0.39, 0.29) is 11.3 Å². The van der Waals surface area contributed by atoms with E-state index in [0.29, 0.717) is 24.0 Å². The summed E-state index contributed by atoms with van der Waals surface area (Å²) in [5.74, 6) is 0.959. The molecule has 0 unspecified atom stereocenters. The second kappa shape index (κ2) is 7.22. The normalized spacial score (nSPS) is 11.5. The standard InChI is InChI=1S/C15H26N4O/c1-6-7-17-13-9-16-8-12(19-13)14(20)18-10-15(4,5)11(2)3/h8-9,11H,6-7,10H2,1-5H3,(H,17,19)(H,18,20). The summed E-state index contributed by atoms with van der Waals surface area (Å²) in [7, 11) is 0. The molecule has 0 saturated heterocycles. The molecule has 0 atom stereocenters. The lowest BCUT2D eigenvalue weighted by atomic mass is 9.81. The number of nitrogens with zero attached hydrogens (tertiary/aromatic N) is 2. The molecule has 0 aromatic carbocycles. The van der Waals surface area contributed by atoms with Crippen molar-refractivity contribution in [2.45, 2.75) is 41.0 Å². The predicted octanol–water partition coefficient (Wildman–Crippen LogP) is 2.71. The van der Waals surface area contributed by atoms with Gasteiger partial charge in [0.2, 0.25) is 0 Å². The van der Waals surface area contributed by atoms with Gasteiger partial charge in [-0.2, -0.15) is 0 Å². The molecule has 0 bridgehead atoms. The Kier molecular flexibility index (Phi) is 5.92. The fourth-order valence-corrected chi connectivity index (χ4v) is 1.42. The number of amides is 1. The molecule has 5 nitrogen and oxygen atoms in total. The van der Waals surface area contributed by atoms with Gasteiger partial charge >= 0.3 is 0 Å². The minimum absolute atomic E-state index is 0.0567. The molecule has 5 heteroatoms. The number of carbonyl (C=O) groups excluding carboxylic acids is 1. The summed E-state index contributed by atoms with van der Waals surface area (Å²) in [4.78, 5) is 20.4. The fourth-order valence-electron chi connectivity index (χ4n) is 1.42. The van der Waals surface area contributed by atoms with E-state index in [1.54, 1.807) is 6.20 Å². The third kappa shape index (κ3) is 4.79. The number of hydrogen-bond donors (Lipinski definition) is 2. The zero-order valence-electron chi connectivity index (χ0n) is 13.2. The quantitative estimate of drug-likeness (QED) is 0.804. The maximum absolute atomic E-state index is 12.1. The molecule has 2 N–H and O–H groups in total. The maximum atomic E-state index is 12.1. The molecule has 1 heterocycles. The number of aromatic nitrogens is 2. The Hall–Kier alpha value is -1.65. The van der Waals surface area contributed by atoms with E-state index in [2.05, 4.69) is 55.2 Å². The predicted molar refractivity (Wildman–Crippen MR) is 81.8 cm³/mol. The van der Waals surface area contributed by atoms with Crippen LogP contribution in [0.3, 0.4) is 0 Å². The molecule has 0 fully saturated rings. The summed E-state index contributed by atoms with van der Waals surface area (Å²) < 4.78 is 0. The van der Waals surface area contributed by atoms with Crippen LogP contribution in [0, 0.1) is 11.3 Å². The van der Waals surface area contributed by atoms with Crippen LogP contribution in [0.15, 0.2) is 12.4 Å². The van der Waals surface area contributed by atoms with E-state index in [4.69, 9.17) is 0 Å². The van der Waals surface area contributed by atoms with Crippen LogP contribution in [-0.2, 0) is 0 Å². The zero-order chi connectivity index (χ0) is 15.2. The summed E-state index contributed by atoms with van der Waals surface area (Å²) in [6.45, 7) is 12.1. The van der Waals surface area contributed by atoms with E-state index in [1.807, 2.05) is 0 Å². The van der Waals surface area contributed by atoms with Crippen LogP contribution >= 0.6 is 0 Å². The summed E-state index contributed by atoms with van der Waals surface area (Å²) in [5, 5.41) is 6.06. The minimum Gasteiger partial charge on any atom is -0.369 e. The topological polar surface area (TPSA) is 66.9 Å². The molecule has 1 aromatic rings. The molecular formula is C15H26N4O. The lowest BCUT2D eigenvalue weighted by Gasteiger charge is -2.29. The van der Waals surface area contributed by atoms with Gasteiger partial charge < -0.3 is 10.6 Å². The molecule has 0 aliphatic rings. The third-order valence-corrected chi connectivity index (χ3v) is 3.69. The Morgan fingerprint density at radius 1 is 1.35 bits per heavy atom. The van der Waals surface area contributed by atoms with Crippen molar-refractivity contribution in [3.05, 3.63) is 18.1 Å². The van der Waals surface area contributed by atoms with Crippen molar-refractivity contribution in [3.63, 3.8) is 0 Å². The van der Waals surface area contributed by atoms with Crippen molar-refractivity contribution in [2.75, 3.05) is 18.4 Å². The first kappa shape index (κ1) is 16.4. The zero-order valence-corrected chi connectivity index (χ0v) is 13.2. The highest BCUT2D eigenvalue weighted by atomic mass is 16.1. The summed E-state index contributed by atoms with van der Waals surface area (Å²) in [5.41, 5.74) is 0.409. The van der Waals surface area contributed by atoms with Gasteiger partial charge in [0.15, 0.2) is 0 Å². The van der Waals surface area contributed by atoms with Gasteiger partial charge in [-0.1, -0.05) is 34.6 Å². The number of hydrogen-bond acceptors (Lipinski definition) is 4. The van der Waals surface area contributed by atoms with Gasteiger partial charge in [-0.05, 0) is 17.8 Å². The van der Waals surface area contributed by atoms with Gasteiger partial charge in [0.25, 0.3) is 5.91 Å². The first-order valence-electron chi connectivity index (χ1n) is 7.21. The first-order valence-corrected chi connectivity index (χ1v) is 7.21. The highest BCUT2D eigenvalue weighted by Crippen LogP contribution is 2.24. The fraction of sp³-hybridized carbons (Fsp3) is 0.667. The molecular weight excluding hydrogens is 252 g/mol. The van der Waals surface area contributed by atoms with Crippen molar-refractivity contribution < 1.29 is 4.79 Å². The van der Waals surface area contributed by atoms with Crippen molar-refractivity contribution in [1.82, 2.24) is 15.3 Å². The number of carbonyl (C=O) groups is 1. The summed E-state index contributed by atoms with van der Waals surface area (Å²) in [6, 6.07) is 0. The van der Waals surface area contributed by atoms with Crippen LogP contribution < -0.4 is 10.6 Å². The molecule has 0 aliphatic heterocycles. The van der Waals surface area contributed by atoms with E-state index in [9.17, 15) is 4.79 Å². The maximum Gasteiger partial charge on any atom is 0.271 e. The average molecular weight is 278 g/mol. The van der Waals surface area contributed by atoms with Crippen LogP contribution in [0.2, 0.25) is 0 Å². The smallest absolute Gasteiger partial charge is 0.271 e. The highest BCUT2D eigenvalue weighted by Gasteiger charge is 2.23. The van der Waals surface area contributed by atoms with Crippen molar-refractivity contribution in [1.29, 1.82) is 0 Å². The van der Waals surface area contributed by atoms with Gasteiger partial charge in [0.1, 0.15) is 11.5 Å². The monoisotopic (exact) mass is 278 g/mol. The molecule has 0 saturated carbocycles. The van der Waals surface area contributed by atoms with Gasteiger partial charge in [-0.3, -0.25) is 9.78 Å². The Morgan fingerprint density at radius 3 is 2.65 bits per heavy atom. The molecule has 0 aliphatic carbocycles. The van der Waals surface area contributed by atoms with Crippen LogP contribution in [0.5, 0.6) is 0 Å². The van der Waals surface area contributed by atoms with Crippen LogP contribution in [0.1, 0.15) is 51.5 Å². The van der Waals surface area contributed by atoms with Crippen LogP contribution in [0.4, 0.5) is 5.82 Å². The van der Waals surface area contributed by atoms with Gasteiger partial charge in [0.05, 0.1) is 12.4 Å². The Morgan fingerprint density at radius 2 is 2.05 bits per heavy atom. The Balaban J connectivity index is 2.63. The number of rotatable bonds is 7. The largest absolute Gasteiger partial charge is 0.369 e. The SMILES string of the molecule is CCCNc1cncc(C(=O)NCC(C)(C)C(C)C)n1. The van der Waals surface area contributed by atoms with E-state index < -0.39 is 0 Å². The minimum atomic E-state index is -0.175. The molecule has 0 spiro atoms. The second-order valence-electron chi connectivity index (χ2n) is 6.04. The number of anilines is 1. The van der Waals surface area contributed by atoms with Gasteiger partial charge in [-0.15, -0.1) is 0 Å². The molecule has 1 aromatic heterocycles. The molecule has 0 radical (unpaired) electrons. The van der Waals surface area contributed by atoms with Gasteiger partial charge in [-0.25, -0.2) is 4.98 Å². The van der Waals surface area contributed by atoms with Crippen molar-refractivity contribution in [3.8, 4) is 0 Å². The molecule has 1 amide bonds. The molecule has 20 heavy (non-hydrogen) atoms. The van der Waals surface area contributed by atoms with Crippen molar-refractivity contribution in [2.24, 2.45) is 11.3 Å².